The second-order valence-corrected chi connectivity index (χ2v) is 5.90. The van der Waals surface area contributed by atoms with Crippen molar-refractivity contribution in [2.75, 3.05) is 6.61 Å². The van der Waals surface area contributed by atoms with E-state index in [0.29, 0.717) is 5.41 Å². The second-order valence-electron chi connectivity index (χ2n) is 5.90. The van der Waals surface area contributed by atoms with E-state index in [9.17, 15) is 0 Å². The molecule has 0 saturated heterocycles. The highest BCUT2D eigenvalue weighted by Gasteiger charge is 2.32. The van der Waals surface area contributed by atoms with Gasteiger partial charge < -0.3 is 4.74 Å². The normalized spacial score (nSPS) is 18.2. The molecule has 106 valence electrons. The van der Waals surface area contributed by atoms with Crippen LogP contribution in [0.1, 0.15) is 70.8 Å². The minimum absolute atomic E-state index is 0.457. The topological polar surface area (TPSA) is 9.23 Å². The Morgan fingerprint density at radius 3 is 2.26 bits per heavy atom. The van der Waals surface area contributed by atoms with Gasteiger partial charge in [0.2, 0.25) is 0 Å². The Hall–Kier alpha value is -0.980. The lowest BCUT2D eigenvalue weighted by molar-refractivity contribution is 0.267. The summed E-state index contributed by atoms with van der Waals surface area (Å²) in [5.74, 6) is 1.01. The van der Waals surface area contributed by atoms with E-state index in [1.807, 2.05) is 6.92 Å². The van der Waals surface area contributed by atoms with Crippen LogP contribution in [0, 0.1) is 0 Å². The summed E-state index contributed by atoms with van der Waals surface area (Å²) in [5, 5.41) is 0. The summed E-state index contributed by atoms with van der Waals surface area (Å²) in [6, 6.07) is 8.93. The Balaban J connectivity index is 2.16. The average Bonchev–Trinajstić information content (AvgIpc) is 2.47. The van der Waals surface area contributed by atoms with Crippen LogP contribution in [0.5, 0.6) is 5.75 Å². The third-order valence-electron chi connectivity index (χ3n) is 4.60. The summed E-state index contributed by atoms with van der Waals surface area (Å²) < 4.78 is 5.56. The summed E-state index contributed by atoms with van der Waals surface area (Å²) in [6.07, 6.45) is 11.0. The van der Waals surface area contributed by atoms with Crippen LogP contribution < -0.4 is 4.74 Å². The molecule has 1 saturated carbocycles. The zero-order chi connectivity index (χ0) is 13.6. The van der Waals surface area contributed by atoms with Crippen LogP contribution in [0.25, 0.3) is 0 Å². The molecule has 0 heterocycles. The van der Waals surface area contributed by atoms with Crippen molar-refractivity contribution >= 4 is 0 Å². The summed E-state index contributed by atoms with van der Waals surface area (Å²) in [6.45, 7) is 5.09. The molecule has 0 amide bonds. The summed E-state index contributed by atoms with van der Waals surface area (Å²) in [5.41, 5.74) is 2.00. The predicted octanol–water partition coefficient (Wildman–Crippen LogP) is 5.48. The molecule has 0 bridgehead atoms. The van der Waals surface area contributed by atoms with E-state index < -0.39 is 0 Å². The number of hydrogen-bond donors (Lipinski definition) is 0. The zero-order valence-corrected chi connectivity index (χ0v) is 12.6. The smallest absolute Gasteiger partial charge is 0.119 e. The highest BCUT2D eigenvalue weighted by Crippen LogP contribution is 2.43. The first kappa shape index (κ1) is 14.4. The van der Waals surface area contributed by atoms with Crippen molar-refractivity contribution in [2.45, 2.75) is 70.6 Å². The van der Waals surface area contributed by atoms with Crippen molar-refractivity contribution in [1.82, 2.24) is 0 Å². The molecule has 1 aromatic rings. The van der Waals surface area contributed by atoms with Crippen LogP contribution in [0.4, 0.5) is 0 Å². The van der Waals surface area contributed by atoms with E-state index in [2.05, 4.69) is 31.2 Å². The third-order valence-corrected chi connectivity index (χ3v) is 4.60. The van der Waals surface area contributed by atoms with Gasteiger partial charge in [0.05, 0.1) is 6.61 Å². The number of hydrogen-bond acceptors (Lipinski definition) is 1. The fourth-order valence-corrected chi connectivity index (χ4v) is 3.50. The SMILES string of the molecule is CCCCC1(c2ccc(OCC)cc2)CCCCC1. The molecule has 0 N–H and O–H groups in total. The van der Waals surface area contributed by atoms with Gasteiger partial charge in [0.15, 0.2) is 0 Å². The summed E-state index contributed by atoms with van der Waals surface area (Å²) in [7, 11) is 0. The molecule has 1 fully saturated rings. The van der Waals surface area contributed by atoms with Crippen molar-refractivity contribution in [2.24, 2.45) is 0 Å². The maximum Gasteiger partial charge on any atom is 0.119 e. The van der Waals surface area contributed by atoms with Gasteiger partial charge >= 0.3 is 0 Å². The lowest BCUT2D eigenvalue weighted by Crippen LogP contribution is -2.29. The maximum atomic E-state index is 5.56. The van der Waals surface area contributed by atoms with E-state index in [4.69, 9.17) is 4.74 Å². The number of rotatable bonds is 6. The molecule has 1 aliphatic carbocycles. The van der Waals surface area contributed by atoms with Crippen molar-refractivity contribution < 1.29 is 4.74 Å². The fourth-order valence-electron chi connectivity index (χ4n) is 3.50. The molecule has 1 heteroatoms. The van der Waals surface area contributed by atoms with Crippen molar-refractivity contribution in [3.63, 3.8) is 0 Å². The van der Waals surface area contributed by atoms with Gasteiger partial charge in [-0.2, -0.15) is 0 Å². The Kier molecular flexibility index (Phi) is 5.30. The van der Waals surface area contributed by atoms with Crippen LogP contribution in [-0.4, -0.2) is 6.61 Å². The molecule has 19 heavy (non-hydrogen) atoms. The molecule has 1 nitrogen and oxygen atoms in total. The monoisotopic (exact) mass is 260 g/mol. The van der Waals surface area contributed by atoms with Crippen molar-refractivity contribution in [1.29, 1.82) is 0 Å². The van der Waals surface area contributed by atoms with E-state index >= 15 is 0 Å². The van der Waals surface area contributed by atoms with E-state index in [-0.39, 0.29) is 0 Å². The van der Waals surface area contributed by atoms with Crippen molar-refractivity contribution in [3.8, 4) is 5.75 Å². The molecule has 0 spiro atoms. The van der Waals surface area contributed by atoms with Crippen LogP contribution >= 0.6 is 0 Å². The highest BCUT2D eigenvalue weighted by atomic mass is 16.5. The van der Waals surface area contributed by atoms with Gasteiger partial charge in [0.1, 0.15) is 5.75 Å². The Bertz CT molecular complexity index is 360. The molecule has 0 radical (unpaired) electrons. The molecule has 1 aromatic carbocycles. The van der Waals surface area contributed by atoms with Gasteiger partial charge in [-0.05, 0) is 49.3 Å². The van der Waals surface area contributed by atoms with Crippen molar-refractivity contribution in [3.05, 3.63) is 29.8 Å². The first-order chi connectivity index (χ1) is 9.30. The molecule has 0 unspecified atom stereocenters. The van der Waals surface area contributed by atoms with Gasteiger partial charge in [0, 0.05) is 0 Å². The maximum absolute atomic E-state index is 5.56. The van der Waals surface area contributed by atoms with Gasteiger partial charge in [-0.1, -0.05) is 51.2 Å². The van der Waals surface area contributed by atoms with E-state index in [1.165, 1.54) is 51.4 Å². The van der Waals surface area contributed by atoms with Gasteiger partial charge in [0.25, 0.3) is 0 Å². The Labute approximate surface area is 118 Å². The molecular weight excluding hydrogens is 232 g/mol. The predicted molar refractivity (Wildman–Crippen MR) is 81.9 cm³/mol. The minimum atomic E-state index is 0.457. The number of unbranched alkanes of at least 4 members (excludes halogenated alkanes) is 1. The molecule has 2 rings (SSSR count). The lowest BCUT2D eigenvalue weighted by atomic mass is 9.67. The van der Waals surface area contributed by atoms with Gasteiger partial charge in [-0.15, -0.1) is 0 Å². The van der Waals surface area contributed by atoms with E-state index in [0.717, 1.165) is 12.4 Å². The van der Waals surface area contributed by atoms with Gasteiger partial charge in [-0.25, -0.2) is 0 Å². The van der Waals surface area contributed by atoms with Crippen LogP contribution in [0.3, 0.4) is 0 Å². The largest absolute Gasteiger partial charge is 0.494 e. The minimum Gasteiger partial charge on any atom is -0.494 e. The molecule has 1 aliphatic rings. The second kappa shape index (κ2) is 6.98. The zero-order valence-electron chi connectivity index (χ0n) is 12.6. The van der Waals surface area contributed by atoms with Gasteiger partial charge in [-0.3, -0.25) is 0 Å². The molecular formula is C18H28O. The molecule has 0 aliphatic heterocycles. The summed E-state index contributed by atoms with van der Waals surface area (Å²) >= 11 is 0. The Morgan fingerprint density at radius 1 is 1.00 bits per heavy atom. The third kappa shape index (κ3) is 3.52. The quantitative estimate of drug-likeness (QED) is 0.658. The van der Waals surface area contributed by atoms with Crippen LogP contribution in [-0.2, 0) is 5.41 Å². The highest BCUT2D eigenvalue weighted by molar-refractivity contribution is 5.33. The lowest BCUT2D eigenvalue weighted by Gasteiger charge is -2.38. The molecule has 0 atom stereocenters. The Morgan fingerprint density at radius 2 is 1.68 bits per heavy atom. The first-order valence-electron chi connectivity index (χ1n) is 8.04. The fraction of sp³-hybridized carbons (Fsp3) is 0.667. The standard InChI is InChI=1S/C18H28O/c1-3-5-13-18(14-7-6-8-15-18)16-9-11-17(12-10-16)19-4-2/h9-12H,3-8,13-15H2,1-2H3. The summed E-state index contributed by atoms with van der Waals surface area (Å²) in [4.78, 5) is 0. The van der Waals surface area contributed by atoms with Crippen LogP contribution in [0.2, 0.25) is 0 Å². The average molecular weight is 260 g/mol. The van der Waals surface area contributed by atoms with Crippen LogP contribution in [0.15, 0.2) is 24.3 Å². The first-order valence-corrected chi connectivity index (χ1v) is 8.04. The molecule has 0 aromatic heterocycles. The number of benzene rings is 1. The van der Waals surface area contributed by atoms with E-state index in [1.54, 1.807) is 5.56 Å². The number of ether oxygens (including phenoxy) is 1.